The van der Waals surface area contributed by atoms with E-state index in [9.17, 15) is 17.6 Å². The predicted molar refractivity (Wildman–Crippen MR) is 101 cm³/mol. The van der Waals surface area contributed by atoms with Crippen LogP contribution in [0.3, 0.4) is 0 Å². The van der Waals surface area contributed by atoms with Crippen LogP contribution in [0.1, 0.15) is 25.3 Å². The van der Waals surface area contributed by atoms with Crippen molar-refractivity contribution < 1.29 is 17.6 Å². The smallest absolute Gasteiger partial charge is 0.355 e. The van der Waals surface area contributed by atoms with Crippen LogP contribution >= 0.6 is 0 Å². The Morgan fingerprint density at radius 3 is 2.62 bits per heavy atom. The molecule has 3 heterocycles. The first-order valence-electron chi connectivity index (χ1n) is 9.24. The lowest BCUT2D eigenvalue weighted by atomic mass is 9.80. The zero-order valence-electron chi connectivity index (χ0n) is 15.7. The Balaban J connectivity index is 1.67. The first kappa shape index (κ1) is 19.6. The van der Waals surface area contributed by atoms with Gasteiger partial charge in [-0.3, -0.25) is 5.10 Å². The van der Waals surface area contributed by atoms with Crippen LogP contribution in [0.4, 0.5) is 23.4 Å². The molecule has 1 aliphatic rings. The standard InChI is InChI=1S/C19H20F4N6/c1-18(10-24)5-7-29(8-6-18)13-9-25-16-15(27-28-17(16)26-13)11-3-2-4-12(14(11)20)19(21,22)23/h2-4,9H,5-8,10,24H2,1H3,(H,26,27,28). The lowest BCUT2D eigenvalue weighted by Crippen LogP contribution is -2.42. The molecular weight excluding hydrogens is 388 g/mol. The number of fused-ring (bicyclic) bond motifs is 1. The Labute approximate surface area is 164 Å². The number of anilines is 1. The molecule has 4 rings (SSSR count). The highest BCUT2D eigenvalue weighted by Gasteiger charge is 2.35. The SMILES string of the molecule is CC1(CN)CCN(c2cnc3c(-c4cccc(C(F)(F)F)c4F)n[nH]c3n2)CC1. The maximum absolute atomic E-state index is 14.5. The Hall–Kier alpha value is -2.75. The van der Waals surface area contributed by atoms with Gasteiger partial charge in [-0.05, 0) is 36.9 Å². The molecule has 2 aromatic heterocycles. The van der Waals surface area contributed by atoms with Crippen LogP contribution in [0.25, 0.3) is 22.4 Å². The zero-order valence-corrected chi connectivity index (χ0v) is 15.7. The molecule has 0 unspecified atom stereocenters. The first-order valence-corrected chi connectivity index (χ1v) is 9.24. The summed E-state index contributed by atoms with van der Waals surface area (Å²) in [6.07, 6.45) is -1.41. The van der Waals surface area contributed by atoms with Gasteiger partial charge in [-0.25, -0.2) is 14.4 Å². The van der Waals surface area contributed by atoms with Crippen molar-refractivity contribution >= 4 is 17.0 Å². The van der Waals surface area contributed by atoms with Crippen molar-refractivity contribution in [1.82, 2.24) is 20.2 Å². The number of H-pyrrole nitrogens is 1. The predicted octanol–water partition coefficient (Wildman–Crippen LogP) is 3.74. The summed E-state index contributed by atoms with van der Waals surface area (Å²) in [5, 5.41) is 6.64. The number of piperidine rings is 1. The third-order valence-electron chi connectivity index (χ3n) is 5.60. The molecule has 0 bridgehead atoms. The quantitative estimate of drug-likeness (QED) is 0.645. The van der Waals surface area contributed by atoms with Crippen molar-refractivity contribution in [1.29, 1.82) is 0 Å². The van der Waals surface area contributed by atoms with Crippen LogP contribution in [0.15, 0.2) is 24.4 Å². The van der Waals surface area contributed by atoms with Crippen LogP contribution in [-0.2, 0) is 6.18 Å². The summed E-state index contributed by atoms with van der Waals surface area (Å²) in [4.78, 5) is 10.9. The maximum Gasteiger partial charge on any atom is 0.419 e. The van der Waals surface area contributed by atoms with Crippen molar-refractivity contribution in [2.45, 2.75) is 25.9 Å². The summed E-state index contributed by atoms with van der Waals surface area (Å²) < 4.78 is 53.5. The topological polar surface area (TPSA) is 83.7 Å². The molecule has 1 saturated heterocycles. The summed E-state index contributed by atoms with van der Waals surface area (Å²) in [7, 11) is 0. The van der Waals surface area contributed by atoms with E-state index in [0.717, 1.165) is 32.0 Å². The highest BCUT2D eigenvalue weighted by atomic mass is 19.4. The van der Waals surface area contributed by atoms with Crippen molar-refractivity contribution in [3.05, 3.63) is 35.8 Å². The molecule has 0 spiro atoms. The van der Waals surface area contributed by atoms with Gasteiger partial charge in [0.15, 0.2) is 5.65 Å². The molecule has 1 aromatic carbocycles. The minimum absolute atomic E-state index is 0.00278. The number of halogens is 4. The second kappa shape index (κ2) is 6.94. The molecule has 10 heteroatoms. The van der Waals surface area contributed by atoms with Gasteiger partial charge in [-0.1, -0.05) is 13.0 Å². The molecule has 0 atom stereocenters. The Bertz CT molecular complexity index is 1040. The average Bonchev–Trinajstić information content (AvgIpc) is 3.11. The summed E-state index contributed by atoms with van der Waals surface area (Å²) in [6.45, 7) is 4.33. The minimum atomic E-state index is -4.79. The summed E-state index contributed by atoms with van der Waals surface area (Å²) >= 11 is 0. The van der Waals surface area contributed by atoms with Crippen molar-refractivity contribution in [2.75, 3.05) is 24.5 Å². The number of rotatable bonds is 3. The lowest BCUT2D eigenvalue weighted by molar-refractivity contribution is -0.139. The van der Waals surface area contributed by atoms with Gasteiger partial charge in [-0.2, -0.15) is 18.3 Å². The fourth-order valence-electron chi connectivity index (χ4n) is 3.55. The molecule has 0 saturated carbocycles. The normalized spacial score (nSPS) is 17.1. The molecule has 0 amide bonds. The molecule has 1 aliphatic heterocycles. The Kier molecular flexibility index (Phi) is 4.68. The molecule has 0 radical (unpaired) electrons. The maximum atomic E-state index is 14.5. The largest absolute Gasteiger partial charge is 0.419 e. The minimum Gasteiger partial charge on any atom is -0.355 e. The van der Waals surface area contributed by atoms with Crippen LogP contribution in [0, 0.1) is 11.2 Å². The average molecular weight is 408 g/mol. The van der Waals surface area contributed by atoms with Crippen LogP contribution < -0.4 is 10.6 Å². The van der Waals surface area contributed by atoms with Crippen LogP contribution in [0.5, 0.6) is 0 Å². The van der Waals surface area contributed by atoms with E-state index in [2.05, 4.69) is 32.0 Å². The fourth-order valence-corrected chi connectivity index (χ4v) is 3.55. The molecule has 1 fully saturated rings. The highest BCUT2D eigenvalue weighted by molar-refractivity contribution is 5.88. The fraction of sp³-hybridized carbons (Fsp3) is 0.421. The van der Waals surface area contributed by atoms with Gasteiger partial charge in [0.25, 0.3) is 0 Å². The monoisotopic (exact) mass is 408 g/mol. The van der Waals surface area contributed by atoms with Gasteiger partial charge >= 0.3 is 6.18 Å². The lowest BCUT2D eigenvalue weighted by Gasteiger charge is -2.39. The van der Waals surface area contributed by atoms with Gasteiger partial charge in [0.1, 0.15) is 22.8 Å². The number of aromatic amines is 1. The van der Waals surface area contributed by atoms with E-state index in [0.29, 0.717) is 24.1 Å². The summed E-state index contributed by atoms with van der Waals surface area (Å²) in [5.74, 6) is -0.743. The number of aromatic nitrogens is 4. The molecular formula is C19H20F4N6. The molecule has 29 heavy (non-hydrogen) atoms. The number of hydrogen-bond donors (Lipinski definition) is 2. The molecule has 3 N–H and O–H groups in total. The van der Waals surface area contributed by atoms with E-state index in [1.54, 1.807) is 0 Å². The number of nitrogens with zero attached hydrogens (tertiary/aromatic N) is 4. The Morgan fingerprint density at radius 1 is 1.24 bits per heavy atom. The Morgan fingerprint density at radius 2 is 1.97 bits per heavy atom. The second-order valence-electron chi connectivity index (χ2n) is 7.66. The van der Waals surface area contributed by atoms with Crippen molar-refractivity contribution in [3.8, 4) is 11.3 Å². The number of nitrogens with one attached hydrogen (secondary N) is 1. The number of alkyl halides is 3. The third-order valence-corrected chi connectivity index (χ3v) is 5.60. The van der Waals surface area contributed by atoms with Gasteiger partial charge in [0.2, 0.25) is 0 Å². The zero-order chi connectivity index (χ0) is 20.8. The first-order chi connectivity index (χ1) is 13.7. The third kappa shape index (κ3) is 3.52. The van der Waals surface area contributed by atoms with Gasteiger partial charge in [0.05, 0.1) is 11.8 Å². The van der Waals surface area contributed by atoms with E-state index < -0.39 is 17.6 Å². The summed E-state index contributed by atoms with van der Waals surface area (Å²) in [5.41, 5.74) is 4.84. The van der Waals surface area contributed by atoms with Crippen LogP contribution in [0.2, 0.25) is 0 Å². The van der Waals surface area contributed by atoms with E-state index >= 15 is 0 Å². The van der Waals surface area contributed by atoms with Gasteiger partial charge < -0.3 is 10.6 Å². The number of benzene rings is 1. The van der Waals surface area contributed by atoms with Gasteiger partial charge in [0, 0.05) is 18.7 Å². The molecule has 154 valence electrons. The summed E-state index contributed by atoms with van der Waals surface area (Å²) in [6, 6.07) is 3.09. The van der Waals surface area contributed by atoms with E-state index in [1.165, 1.54) is 12.3 Å². The van der Waals surface area contributed by atoms with Gasteiger partial charge in [-0.15, -0.1) is 0 Å². The van der Waals surface area contributed by atoms with E-state index in [-0.39, 0.29) is 22.2 Å². The van der Waals surface area contributed by atoms with Crippen LogP contribution in [-0.4, -0.2) is 39.8 Å². The second-order valence-corrected chi connectivity index (χ2v) is 7.66. The van der Waals surface area contributed by atoms with E-state index in [1.807, 2.05) is 0 Å². The molecule has 3 aromatic rings. The highest BCUT2D eigenvalue weighted by Crippen LogP contribution is 2.37. The van der Waals surface area contributed by atoms with Crippen molar-refractivity contribution in [3.63, 3.8) is 0 Å². The molecule has 0 aliphatic carbocycles. The van der Waals surface area contributed by atoms with E-state index in [4.69, 9.17) is 5.73 Å². The number of hydrogen-bond acceptors (Lipinski definition) is 5. The number of nitrogens with two attached hydrogens (primary N) is 1. The van der Waals surface area contributed by atoms with Crippen molar-refractivity contribution in [2.24, 2.45) is 11.1 Å². The molecule has 6 nitrogen and oxygen atoms in total.